The molecule has 3 N–H and O–H groups in total. The van der Waals surface area contributed by atoms with Gasteiger partial charge in [0.2, 0.25) is 0 Å². The SMILES string of the molecule is Cc1noc(C)c1Cc1c(C(=O)O)noc1C.O. The number of nitrogens with zero attached hydrogens (tertiary/aromatic N) is 2. The molecule has 0 aliphatic carbocycles. The van der Waals surface area contributed by atoms with Gasteiger partial charge >= 0.3 is 5.97 Å². The van der Waals surface area contributed by atoms with Crippen LogP contribution in [0.1, 0.15) is 38.8 Å². The minimum atomic E-state index is -1.09. The lowest BCUT2D eigenvalue weighted by molar-refractivity contribution is 0.0685. The molecule has 0 unspecified atom stereocenters. The van der Waals surface area contributed by atoms with Crippen molar-refractivity contribution in [3.63, 3.8) is 0 Å². The predicted molar refractivity (Wildman–Crippen MR) is 60.6 cm³/mol. The molecule has 0 bridgehead atoms. The Hall–Kier alpha value is -2.15. The minimum absolute atomic E-state index is 0. The molecule has 18 heavy (non-hydrogen) atoms. The van der Waals surface area contributed by atoms with Gasteiger partial charge in [-0.15, -0.1) is 0 Å². The van der Waals surface area contributed by atoms with Crippen LogP contribution in [-0.2, 0) is 6.42 Å². The number of aryl methyl sites for hydroxylation is 3. The zero-order valence-electron chi connectivity index (χ0n) is 10.3. The van der Waals surface area contributed by atoms with Crippen LogP contribution in [0.5, 0.6) is 0 Å². The molecular formula is C11H14N2O5. The topological polar surface area (TPSA) is 121 Å². The highest BCUT2D eigenvalue weighted by Crippen LogP contribution is 2.22. The number of carboxylic acid groups (broad SMARTS) is 1. The Morgan fingerprint density at radius 3 is 2.17 bits per heavy atom. The highest BCUT2D eigenvalue weighted by molar-refractivity contribution is 5.87. The Bertz CT molecular complexity index is 550. The van der Waals surface area contributed by atoms with Crippen molar-refractivity contribution in [1.29, 1.82) is 0 Å². The van der Waals surface area contributed by atoms with E-state index in [9.17, 15) is 4.79 Å². The van der Waals surface area contributed by atoms with Crippen molar-refractivity contribution in [2.75, 3.05) is 0 Å². The molecule has 0 aliphatic rings. The van der Waals surface area contributed by atoms with E-state index >= 15 is 0 Å². The van der Waals surface area contributed by atoms with E-state index in [1.807, 2.05) is 6.92 Å². The first-order valence-electron chi connectivity index (χ1n) is 5.11. The number of hydrogen-bond acceptors (Lipinski definition) is 5. The third kappa shape index (κ3) is 2.25. The van der Waals surface area contributed by atoms with Gasteiger partial charge in [-0.1, -0.05) is 10.3 Å². The molecule has 0 fully saturated rings. The molecule has 0 atom stereocenters. The Kier molecular flexibility index (Phi) is 3.87. The van der Waals surface area contributed by atoms with Gasteiger partial charge in [0.1, 0.15) is 11.5 Å². The molecule has 0 spiro atoms. The summed E-state index contributed by atoms with van der Waals surface area (Å²) < 4.78 is 9.94. The lowest BCUT2D eigenvalue weighted by atomic mass is 10.0. The molecule has 0 amide bonds. The summed E-state index contributed by atoms with van der Waals surface area (Å²) in [6.07, 6.45) is 0.401. The molecule has 0 saturated carbocycles. The molecule has 7 heteroatoms. The Labute approximate surface area is 103 Å². The summed E-state index contributed by atoms with van der Waals surface area (Å²) in [6, 6.07) is 0. The third-order valence-electron chi connectivity index (χ3n) is 2.72. The third-order valence-corrected chi connectivity index (χ3v) is 2.72. The number of hydrogen-bond donors (Lipinski definition) is 1. The molecule has 0 aromatic carbocycles. The van der Waals surface area contributed by atoms with Crippen molar-refractivity contribution in [1.82, 2.24) is 10.3 Å². The average Bonchev–Trinajstić information content (AvgIpc) is 2.77. The van der Waals surface area contributed by atoms with E-state index in [4.69, 9.17) is 14.2 Å². The van der Waals surface area contributed by atoms with Crippen molar-refractivity contribution in [2.45, 2.75) is 27.2 Å². The minimum Gasteiger partial charge on any atom is -0.476 e. The fourth-order valence-corrected chi connectivity index (χ4v) is 1.70. The fraction of sp³-hybridized carbons (Fsp3) is 0.364. The predicted octanol–water partition coefficient (Wildman–Crippen LogP) is 1.05. The Morgan fingerprint density at radius 2 is 1.67 bits per heavy atom. The number of carboxylic acids is 1. The van der Waals surface area contributed by atoms with Crippen LogP contribution in [0.15, 0.2) is 9.05 Å². The van der Waals surface area contributed by atoms with Gasteiger partial charge in [0.25, 0.3) is 0 Å². The number of carbonyl (C=O) groups is 1. The van der Waals surface area contributed by atoms with E-state index in [-0.39, 0.29) is 11.2 Å². The van der Waals surface area contributed by atoms with Gasteiger partial charge < -0.3 is 19.6 Å². The largest absolute Gasteiger partial charge is 0.476 e. The van der Waals surface area contributed by atoms with Crippen LogP contribution < -0.4 is 0 Å². The Morgan fingerprint density at radius 1 is 1.11 bits per heavy atom. The fourth-order valence-electron chi connectivity index (χ4n) is 1.70. The monoisotopic (exact) mass is 254 g/mol. The molecular weight excluding hydrogens is 240 g/mol. The van der Waals surface area contributed by atoms with E-state index in [2.05, 4.69) is 10.3 Å². The molecule has 7 nitrogen and oxygen atoms in total. The van der Waals surface area contributed by atoms with Gasteiger partial charge in [-0.3, -0.25) is 0 Å². The van der Waals surface area contributed by atoms with Crippen molar-refractivity contribution >= 4 is 5.97 Å². The normalized spacial score (nSPS) is 10.2. The van der Waals surface area contributed by atoms with Gasteiger partial charge in [-0.05, 0) is 20.8 Å². The smallest absolute Gasteiger partial charge is 0.358 e. The standard InChI is InChI=1S/C11H12N2O4.H2O/c1-5-8(6(2)16-12-5)4-9-7(3)17-13-10(9)11(14)15;/h4H2,1-3H3,(H,14,15);1H2. The maximum absolute atomic E-state index is 11.0. The zero-order valence-corrected chi connectivity index (χ0v) is 10.3. The summed E-state index contributed by atoms with van der Waals surface area (Å²) in [5.41, 5.74) is 2.13. The summed E-state index contributed by atoms with van der Waals surface area (Å²) in [7, 11) is 0. The second kappa shape index (κ2) is 5.01. The van der Waals surface area contributed by atoms with E-state index in [0.29, 0.717) is 23.5 Å². The van der Waals surface area contributed by atoms with Crippen molar-refractivity contribution in [2.24, 2.45) is 0 Å². The Balaban J connectivity index is 0.00000162. The first-order valence-corrected chi connectivity index (χ1v) is 5.11. The van der Waals surface area contributed by atoms with Crippen molar-refractivity contribution in [3.8, 4) is 0 Å². The van der Waals surface area contributed by atoms with Crippen molar-refractivity contribution in [3.05, 3.63) is 34.0 Å². The van der Waals surface area contributed by atoms with Gasteiger partial charge in [-0.25, -0.2) is 4.79 Å². The summed E-state index contributed by atoms with van der Waals surface area (Å²) in [5, 5.41) is 16.3. The first kappa shape index (κ1) is 13.9. The maximum atomic E-state index is 11.0. The summed E-state index contributed by atoms with van der Waals surface area (Å²) >= 11 is 0. The first-order chi connectivity index (χ1) is 8.00. The molecule has 98 valence electrons. The van der Waals surface area contributed by atoms with Crippen LogP contribution in [0.25, 0.3) is 0 Å². The van der Waals surface area contributed by atoms with Gasteiger partial charge in [0.15, 0.2) is 5.69 Å². The van der Waals surface area contributed by atoms with Crippen LogP contribution in [-0.4, -0.2) is 26.9 Å². The summed E-state index contributed by atoms with van der Waals surface area (Å²) in [5.74, 6) is 0.0884. The van der Waals surface area contributed by atoms with Gasteiger partial charge in [-0.2, -0.15) is 0 Å². The van der Waals surface area contributed by atoms with Gasteiger partial charge in [0, 0.05) is 17.5 Å². The maximum Gasteiger partial charge on any atom is 0.358 e. The zero-order chi connectivity index (χ0) is 12.6. The molecule has 0 saturated heterocycles. The highest BCUT2D eigenvalue weighted by Gasteiger charge is 2.21. The second-order valence-corrected chi connectivity index (χ2v) is 3.85. The summed E-state index contributed by atoms with van der Waals surface area (Å²) in [4.78, 5) is 11.0. The van der Waals surface area contributed by atoms with Crippen LogP contribution in [0.4, 0.5) is 0 Å². The van der Waals surface area contributed by atoms with Crippen LogP contribution in [0.2, 0.25) is 0 Å². The molecule has 2 heterocycles. The lowest BCUT2D eigenvalue weighted by Crippen LogP contribution is -2.03. The van der Waals surface area contributed by atoms with Crippen molar-refractivity contribution < 1.29 is 24.4 Å². The number of aromatic nitrogens is 2. The van der Waals surface area contributed by atoms with E-state index < -0.39 is 5.97 Å². The van der Waals surface area contributed by atoms with E-state index in [0.717, 1.165) is 11.3 Å². The second-order valence-electron chi connectivity index (χ2n) is 3.85. The van der Waals surface area contributed by atoms with Crippen LogP contribution in [0, 0.1) is 20.8 Å². The quantitative estimate of drug-likeness (QED) is 0.873. The average molecular weight is 254 g/mol. The molecule has 2 aromatic heterocycles. The highest BCUT2D eigenvalue weighted by atomic mass is 16.5. The van der Waals surface area contributed by atoms with Crippen LogP contribution in [0.3, 0.4) is 0 Å². The van der Waals surface area contributed by atoms with Gasteiger partial charge in [0.05, 0.1) is 5.69 Å². The number of aromatic carboxylic acids is 1. The number of rotatable bonds is 3. The molecule has 0 aliphatic heterocycles. The molecule has 2 aromatic rings. The van der Waals surface area contributed by atoms with Crippen LogP contribution >= 0.6 is 0 Å². The molecule has 0 radical (unpaired) electrons. The lowest BCUT2D eigenvalue weighted by Gasteiger charge is -1.99. The van der Waals surface area contributed by atoms with E-state index in [1.54, 1.807) is 13.8 Å². The molecule has 2 rings (SSSR count). The summed E-state index contributed by atoms with van der Waals surface area (Å²) in [6.45, 7) is 5.29. The van der Waals surface area contributed by atoms with E-state index in [1.165, 1.54) is 0 Å².